The largest absolute Gasteiger partial charge is 0.370 e. The Kier molecular flexibility index (Phi) is 2.36. The number of rotatable bonds is 3. The Labute approximate surface area is 78.4 Å². The summed E-state index contributed by atoms with van der Waals surface area (Å²) in [5.74, 6) is 1.24. The minimum atomic E-state index is -0.184. The molecule has 1 heterocycles. The standard InChI is InChI=1S/C10H16N2O/c11-10(13)5-4-9-8-3-1-2-7(8)6-12-9/h1-2,7-9,12H,3-6H2,(H2,11,13). The average Bonchev–Trinajstić information content (AvgIpc) is 2.60. The fourth-order valence-electron chi connectivity index (χ4n) is 2.46. The van der Waals surface area contributed by atoms with Gasteiger partial charge in [0.25, 0.3) is 0 Å². The molecule has 2 rings (SSSR count). The van der Waals surface area contributed by atoms with E-state index < -0.39 is 0 Å². The van der Waals surface area contributed by atoms with E-state index in [0.717, 1.165) is 18.9 Å². The van der Waals surface area contributed by atoms with Crippen LogP contribution < -0.4 is 11.1 Å². The molecule has 72 valence electrons. The molecule has 3 N–H and O–H groups in total. The van der Waals surface area contributed by atoms with Crippen LogP contribution in [0.2, 0.25) is 0 Å². The van der Waals surface area contributed by atoms with E-state index in [1.54, 1.807) is 0 Å². The van der Waals surface area contributed by atoms with Crippen molar-refractivity contribution in [2.24, 2.45) is 17.6 Å². The highest BCUT2D eigenvalue weighted by Gasteiger charge is 2.35. The molecule has 0 aromatic carbocycles. The predicted octanol–water partition coefficient (Wildman–Crippen LogP) is 0.416. The molecule has 0 aromatic rings. The Bertz CT molecular complexity index is 237. The molecular weight excluding hydrogens is 164 g/mol. The van der Waals surface area contributed by atoms with Crippen LogP contribution in [0, 0.1) is 11.8 Å². The molecule has 13 heavy (non-hydrogen) atoms. The third kappa shape index (κ3) is 1.75. The Hall–Kier alpha value is -0.830. The molecule has 1 aliphatic carbocycles. The predicted molar refractivity (Wildman–Crippen MR) is 51.0 cm³/mol. The van der Waals surface area contributed by atoms with Gasteiger partial charge in [0.1, 0.15) is 0 Å². The van der Waals surface area contributed by atoms with Crippen molar-refractivity contribution in [2.75, 3.05) is 6.54 Å². The van der Waals surface area contributed by atoms with Crippen LogP contribution in [0.15, 0.2) is 12.2 Å². The van der Waals surface area contributed by atoms with E-state index in [9.17, 15) is 4.79 Å². The van der Waals surface area contributed by atoms with Gasteiger partial charge in [-0.25, -0.2) is 0 Å². The number of fused-ring (bicyclic) bond motifs is 1. The topological polar surface area (TPSA) is 55.1 Å². The Morgan fingerprint density at radius 2 is 2.46 bits per heavy atom. The molecule has 1 aliphatic heterocycles. The highest BCUT2D eigenvalue weighted by molar-refractivity contribution is 5.73. The summed E-state index contributed by atoms with van der Waals surface area (Å²) >= 11 is 0. The Morgan fingerprint density at radius 3 is 3.23 bits per heavy atom. The van der Waals surface area contributed by atoms with Crippen molar-refractivity contribution in [3.63, 3.8) is 0 Å². The van der Waals surface area contributed by atoms with Gasteiger partial charge >= 0.3 is 0 Å². The van der Waals surface area contributed by atoms with Crippen LogP contribution in [0.25, 0.3) is 0 Å². The minimum Gasteiger partial charge on any atom is -0.370 e. The van der Waals surface area contributed by atoms with Crippen LogP contribution in [0.5, 0.6) is 0 Å². The molecular formula is C10H16N2O. The SMILES string of the molecule is NC(=O)CCC1NCC2C=CCC21. The fraction of sp³-hybridized carbons (Fsp3) is 0.700. The first-order valence-electron chi connectivity index (χ1n) is 4.95. The number of hydrogen-bond acceptors (Lipinski definition) is 2. The van der Waals surface area contributed by atoms with Crippen molar-refractivity contribution in [1.29, 1.82) is 0 Å². The third-order valence-corrected chi connectivity index (χ3v) is 3.18. The summed E-state index contributed by atoms with van der Waals surface area (Å²) in [7, 11) is 0. The van der Waals surface area contributed by atoms with Gasteiger partial charge in [0.15, 0.2) is 0 Å². The maximum atomic E-state index is 10.6. The molecule has 0 spiro atoms. The van der Waals surface area contributed by atoms with Crippen molar-refractivity contribution in [3.05, 3.63) is 12.2 Å². The van der Waals surface area contributed by atoms with Gasteiger partial charge in [-0.2, -0.15) is 0 Å². The van der Waals surface area contributed by atoms with Crippen LogP contribution in [0.4, 0.5) is 0 Å². The second kappa shape index (κ2) is 3.50. The second-order valence-corrected chi connectivity index (χ2v) is 4.01. The van der Waals surface area contributed by atoms with Gasteiger partial charge in [-0.3, -0.25) is 4.79 Å². The molecule has 0 aromatic heterocycles. The summed E-state index contributed by atoms with van der Waals surface area (Å²) < 4.78 is 0. The normalized spacial score (nSPS) is 36.5. The zero-order valence-corrected chi connectivity index (χ0v) is 7.70. The molecule has 0 saturated carbocycles. The lowest BCUT2D eigenvalue weighted by Gasteiger charge is -2.16. The highest BCUT2D eigenvalue weighted by atomic mass is 16.1. The van der Waals surface area contributed by atoms with Crippen LogP contribution in [-0.2, 0) is 4.79 Å². The van der Waals surface area contributed by atoms with Gasteiger partial charge in [0, 0.05) is 19.0 Å². The van der Waals surface area contributed by atoms with Gasteiger partial charge in [-0.1, -0.05) is 12.2 Å². The summed E-state index contributed by atoms with van der Waals surface area (Å²) in [5.41, 5.74) is 5.13. The second-order valence-electron chi connectivity index (χ2n) is 4.01. The van der Waals surface area contributed by atoms with Crippen LogP contribution in [0.3, 0.4) is 0 Å². The van der Waals surface area contributed by atoms with E-state index in [0.29, 0.717) is 18.4 Å². The first kappa shape index (κ1) is 8.75. The number of primary amides is 1. The zero-order valence-electron chi connectivity index (χ0n) is 7.70. The minimum absolute atomic E-state index is 0.184. The zero-order chi connectivity index (χ0) is 9.26. The van der Waals surface area contributed by atoms with Gasteiger partial charge in [-0.05, 0) is 24.7 Å². The van der Waals surface area contributed by atoms with E-state index in [4.69, 9.17) is 5.73 Å². The third-order valence-electron chi connectivity index (χ3n) is 3.18. The summed E-state index contributed by atoms with van der Waals surface area (Å²) in [6.07, 6.45) is 7.13. The molecule has 3 atom stereocenters. The van der Waals surface area contributed by atoms with E-state index >= 15 is 0 Å². The van der Waals surface area contributed by atoms with E-state index in [1.165, 1.54) is 6.42 Å². The molecule has 1 saturated heterocycles. The first-order chi connectivity index (χ1) is 6.27. The number of hydrogen-bond donors (Lipinski definition) is 2. The number of carbonyl (C=O) groups excluding carboxylic acids is 1. The van der Waals surface area contributed by atoms with Crippen molar-refractivity contribution < 1.29 is 4.79 Å². The van der Waals surface area contributed by atoms with E-state index in [2.05, 4.69) is 17.5 Å². The molecule has 0 bridgehead atoms. The molecule has 3 unspecified atom stereocenters. The molecule has 2 aliphatic rings. The van der Waals surface area contributed by atoms with Gasteiger partial charge in [0.05, 0.1) is 0 Å². The van der Waals surface area contributed by atoms with Crippen molar-refractivity contribution in [1.82, 2.24) is 5.32 Å². The molecule has 3 nitrogen and oxygen atoms in total. The lowest BCUT2D eigenvalue weighted by atomic mass is 9.91. The number of allylic oxidation sites excluding steroid dienone is 1. The average molecular weight is 180 g/mol. The summed E-state index contributed by atoms with van der Waals surface area (Å²) in [6.45, 7) is 1.07. The van der Waals surface area contributed by atoms with Crippen molar-refractivity contribution in [3.8, 4) is 0 Å². The molecule has 1 fully saturated rings. The maximum Gasteiger partial charge on any atom is 0.217 e. The number of amides is 1. The lowest BCUT2D eigenvalue weighted by Crippen LogP contribution is -2.28. The first-order valence-corrected chi connectivity index (χ1v) is 4.95. The molecule has 3 heteroatoms. The van der Waals surface area contributed by atoms with Crippen LogP contribution in [-0.4, -0.2) is 18.5 Å². The van der Waals surface area contributed by atoms with E-state index in [1.807, 2.05) is 0 Å². The van der Waals surface area contributed by atoms with Gasteiger partial charge in [0.2, 0.25) is 5.91 Å². The molecule has 0 radical (unpaired) electrons. The lowest BCUT2D eigenvalue weighted by molar-refractivity contribution is -0.118. The number of nitrogens with two attached hydrogens (primary N) is 1. The summed E-state index contributed by atoms with van der Waals surface area (Å²) in [4.78, 5) is 10.6. The van der Waals surface area contributed by atoms with Crippen molar-refractivity contribution in [2.45, 2.75) is 25.3 Å². The van der Waals surface area contributed by atoms with Gasteiger partial charge < -0.3 is 11.1 Å². The Balaban J connectivity index is 1.85. The van der Waals surface area contributed by atoms with Gasteiger partial charge in [-0.15, -0.1) is 0 Å². The van der Waals surface area contributed by atoms with Crippen molar-refractivity contribution >= 4 is 5.91 Å². The van der Waals surface area contributed by atoms with Crippen LogP contribution in [0.1, 0.15) is 19.3 Å². The Morgan fingerprint density at radius 1 is 1.62 bits per heavy atom. The quantitative estimate of drug-likeness (QED) is 0.618. The smallest absolute Gasteiger partial charge is 0.217 e. The fourth-order valence-corrected chi connectivity index (χ4v) is 2.46. The summed E-state index contributed by atoms with van der Waals surface area (Å²) in [6, 6.07) is 0.507. The van der Waals surface area contributed by atoms with E-state index in [-0.39, 0.29) is 5.91 Å². The summed E-state index contributed by atoms with van der Waals surface area (Å²) in [5, 5.41) is 3.45. The highest BCUT2D eigenvalue weighted by Crippen LogP contribution is 2.34. The monoisotopic (exact) mass is 180 g/mol. The van der Waals surface area contributed by atoms with Crippen LogP contribution >= 0.6 is 0 Å². The maximum absolute atomic E-state index is 10.6. The molecule has 1 amide bonds. The number of carbonyl (C=O) groups is 1. The number of nitrogens with one attached hydrogen (secondary N) is 1.